The van der Waals surface area contributed by atoms with Crippen LogP contribution in [0.5, 0.6) is 0 Å². The monoisotopic (exact) mass is 420 g/mol. The molecular weight excluding hydrogens is 392 g/mol. The van der Waals surface area contributed by atoms with Crippen LogP contribution in [-0.4, -0.2) is 30.6 Å². The molecule has 0 amide bonds. The molecule has 4 rings (SSSR count). The second-order valence-electron chi connectivity index (χ2n) is 8.70. The van der Waals surface area contributed by atoms with Crippen LogP contribution in [-0.2, 0) is 12.8 Å². The van der Waals surface area contributed by atoms with Crippen LogP contribution in [0.1, 0.15) is 56.4 Å². The van der Waals surface area contributed by atoms with Crippen molar-refractivity contribution in [2.45, 2.75) is 52.1 Å². The van der Waals surface area contributed by atoms with Crippen molar-refractivity contribution in [1.82, 2.24) is 19.9 Å². The molecule has 0 spiro atoms. The Bertz CT molecular complexity index is 1170. The van der Waals surface area contributed by atoms with Gasteiger partial charge < -0.3 is 9.52 Å². The van der Waals surface area contributed by atoms with Gasteiger partial charge in [-0.3, -0.25) is 0 Å². The van der Waals surface area contributed by atoms with Crippen LogP contribution >= 0.6 is 0 Å². The van der Waals surface area contributed by atoms with Crippen LogP contribution in [0, 0.1) is 0 Å². The summed E-state index contributed by atoms with van der Waals surface area (Å²) < 4.78 is 5.47. The van der Waals surface area contributed by atoms with Crippen LogP contribution in [0.25, 0.3) is 22.4 Å². The number of furan rings is 1. The highest BCUT2D eigenvalue weighted by Gasteiger charge is 2.23. The van der Waals surface area contributed by atoms with Crippen molar-refractivity contribution < 1.29 is 9.52 Å². The van der Waals surface area contributed by atoms with E-state index in [9.17, 15) is 5.11 Å². The molecule has 4 aromatic rings. The minimum atomic E-state index is -0.921. The molecule has 4 N–H and O–H groups in total. The Labute approximate surface area is 181 Å². The van der Waals surface area contributed by atoms with Crippen LogP contribution in [0.15, 0.2) is 47.1 Å². The number of hydrogen-bond donors (Lipinski definition) is 3. The Balaban J connectivity index is 1.79. The molecule has 0 aliphatic carbocycles. The molecule has 0 bridgehead atoms. The van der Waals surface area contributed by atoms with Gasteiger partial charge in [0.05, 0.1) is 23.3 Å². The average Bonchev–Trinajstić information content (AvgIpc) is 3.35. The number of nitrogens with zero attached hydrogens (tertiary/aromatic N) is 4. The molecular formula is C23H28N6O2. The van der Waals surface area contributed by atoms with Crippen LogP contribution < -0.4 is 11.4 Å². The zero-order chi connectivity index (χ0) is 22.2. The summed E-state index contributed by atoms with van der Waals surface area (Å²) in [5.41, 5.74) is 6.95. The van der Waals surface area contributed by atoms with Gasteiger partial charge in [-0.15, -0.1) is 0 Å². The lowest BCUT2D eigenvalue weighted by Gasteiger charge is -2.17. The van der Waals surface area contributed by atoms with Crippen LogP contribution in [0.2, 0.25) is 0 Å². The van der Waals surface area contributed by atoms with E-state index in [0.29, 0.717) is 18.7 Å². The first-order valence-corrected chi connectivity index (χ1v) is 10.4. The first kappa shape index (κ1) is 21.0. The molecule has 162 valence electrons. The summed E-state index contributed by atoms with van der Waals surface area (Å²) in [5, 5.41) is 14.9. The number of aromatic nitrogens is 4. The number of aliphatic hydroxyl groups is 1. The normalized spacial score (nSPS) is 12.1. The van der Waals surface area contributed by atoms with Gasteiger partial charge in [-0.25, -0.2) is 21.3 Å². The molecule has 0 unspecified atom stereocenters. The van der Waals surface area contributed by atoms with E-state index in [4.69, 9.17) is 20.2 Å². The molecule has 0 saturated heterocycles. The predicted molar refractivity (Wildman–Crippen MR) is 120 cm³/mol. The Kier molecular flexibility index (Phi) is 5.51. The molecule has 3 aromatic heterocycles. The fourth-order valence-corrected chi connectivity index (χ4v) is 3.65. The molecule has 8 nitrogen and oxygen atoms in total. The summed E-state index contributed by atoms with van der Waals surface area (Å²) in [6, 6.07) is 12.0. The second-order valence-corrected chi connectivity index (χ2v) is 8.70. The highest BCUT2D eigenvalue weighted by molar-refractivity contribution is 5.81. The number of rotatable bonds is 7. The maximum atomic E-state index is 10.3. The molecule has 31 heavy (non-hydrogen) atoms. The van der Waals surface area contributed by atoms with Gasteiger partial charge >= 0.3 is 0 Å². The van der Waals surface area contributed by atoms with Crippen molar-refractivity contribution in [2.75, 3.05) is 5.53 Å². The Morgan fingerprint density at radius 1 is 1.16 bits per heavy atom. The average molecular weight is 421 g/mol. The maximum Gasteiger partial charge on any atom is 0.134 e. The van der Waals surface area contributed by atoms with E-state index in [-0.39, 0.29) is 5.92 Å². The molecule has 3 heterocycles. The van der Waals surface area contributed by atoms with Gasteiger partial charge in [-0.1, -0.05) is 38.1 Å². The SMILES string of the molecule is CC(C)c1nn(NN)c2c(Cc3ccc(-c4ccco4)cc3)nc(CC(C)(C)O)nc12. The third-order valence-electron chi connectivity index (χ3n) is 5.06. The van der Waals surface area contributed by atoms with E-state index in [0.717, 1.165) is 39.3 Å². The number of fused-ring (bicyclic) bond motifs is 1. The van der Waals surface area contributed by atoms with E-state index < -0.39 is 5.60 Å². The highest BCUT2D eigenvalue weighted by atomic mass is 16.3. The minimum Gasteiger partial charge on any atom is -0.464 e. The van der Waals surface area contributed by atoms with E-state index >= 15 is 0 Å². The largest absolute Gasteiger partial charge is 0.464 e. The topological polar surface area (TPSA) is 115 Å². The fraction of sp³-hybridized carbons (Fsp3) is 0.348. The maximum absolute atomic E-state index is 10.3. The third-order valence-corrected chi connectivity index (χ3v) is 5.06. The van der Waals surface area contributed by atoms with E-state index in [2.05, 4.69) is 36.6 Å². The van der Waals surface area contributed by atoms with Crippen LogP contribution in [0.3, 0.4) is 0 Å². The van der Waals surface area contributed by atoms with Gasteiger partial charge in [0.25, 0.3) is 0 Å². The van der Waals surface area contributed by atoms with Crippen molar-refractivity contribution in [1.29, 1.82) is 0 Å². The van der Waals surface area contributed by atoms with Gasteiger partial charge in [0, 0.05) is 18.4 Å². The number of nitrogens with one attached hydrogen (secondary N) is 1. The molecule has 0 fully saturated rings. The quantitative estimate of drug-likeness (QED) is 0.309. The zero-order valence-electron chi connectivity index (χ0n) is 18.3. The van der Waals surface area contributed by atoms with Gasteiger partial charge in [0.1, 0.15) is 22.6 Å². The summed E-state index contributed by atoms with van der Waals surface area (Å²) in [5.74, 6) is 7.32. The minimum absolute atomic E-state index is 0.155. The summed E-state index contributed by atoms with van der Waals surface area (Å²) >= 11 is 0. The standard InChI is InChI=1S/C23H28N6O2/c1-14(2)20-21-22(29(27-20)28-24)17(25-19(26-21)13-23(3,4)30)12-15-7-9-16(10-8-15)18-6-5-11-31-18/h5-11,14,28,30H,12-13,24H2,1-4H3. The first-order valence-electron chi connectivity index (χ1n) is 10.4. The van der Waals surface area contributed by atoms with Crippen molar-refractivity contribution in [2.24, 2.45) is 5.84 Å². The summed E-state index contributed by atoms with van der Waals surface area (Å²) in [4.78, 5) is 11.1. The lowest BCUT2D eigenvalue weighted by Crippen LogP contribution is -2.25. The van der Waals surface area contributed by atoms with E-state index in [1.165, 1.54) is 4.79 Å². The van der Waals surface area contributed by atoms with E-state index in [1.807, 2.05) is 24.3 Å². The smallest absolute Gasteiger partial charge is 0.134 e. The lowest BCUT2D eigenvalue weighted by atomic mass is 10.0. The van der Waals surface area contributed by atoms with Crippen LogP contribution in [0.4, 0.5) is 0 Å². The fourth-order valence-electron chi connectivity index (χ4n) is 3.65. The highest BCUT2D eigenvalue weighted by Crippen LogP contribution is 2.27. The molecule has 0 aliphatic heterocycles. The first-order chi connectivity index (χ1) is 14.7. The Hall–Kier alpha value is -3.23. The number of benzene rings is 1. The number of nitrogen functional groups attached to an aromatic ring is 1. The molecule has 0 aliphatic rings. The zero-order valence-corrected chi connectivity index (χ0v) is 18.3. The number of hydrazine groups is 1. The molecule has 8 heteroatoms. The van der Waals surface area contributed by atoms with Gasteiger partial charge in [0.2, 0.25) is 0 Å². The predicted octanol–water partition coefficient (Wildman–Crippen LogP) is 3.53. The number of hydrogen-bond acceptors (Lipinski definition) is 7. The van der Waals surface area contributed by atoms with Gasteiger partial charge in [-0.2, -0.15) is 9.89 Å². The van der Waals surface area contributed by atoms with Gasteiger partial charge in [-0.05, 0) is 37.5 Å². The van der Waals surface area contributed by atoms with Crippen molar-refractivity contribution in [3.63, 3.8) is 0 Å². The Morgan fingerprint density at radius 2 is 1.90 bits per heavy atom. The molecule has 1 aromatic carbocycles. The van der Waals surface area contributed by atoms with Crippen molar-refractivity contribution in [3.8, 4) is 11.3 Å². The molecule has 0 saturated carbocycles. The van der Waals surface area contributed by atoms with Crippen molar-refractivity contribution in [3.05, 3.63) is 65.4 Å². The lowest BCUT2D eigenvalue weighted by molar-refractivity contribution is 0.0788. The van der Waals surface area contributed by atoms with E-state index in [1.54, 1.807) is 20.1 Å². The van der Waals surface area contributed by atoms with Crippen molar-refractivity contribution >= 4 is 11.0 Å². The second kappa shape index (κ2) is 8.13. The summed E-state index contributed by atoms with van der Waals surface area (Å²) in [7, 11) is 0. The number of nitrogens with two attached hydrogens (primary N) is 1. The molecule has 0 radical (unpaired) electrons. The molecule has 0 atom stereocenters. The summed E-state index contributed by atoms with van der Waals surface area (Å²) in [6.45, 7) is 7.63. The Morgan fingerprint density at radius 3 is 2.48 bits per heavy atom. The third kappa shape index (κ3) is 4.45. The van der Waals surface area contributed by atoms with Gasteiger partial charge in [0.15, 0.2) is 0 Å². The summed E-state index contributed by atoms with van der Waals surface area (Å²) in [6.07, 6.45) is 2.58.